The number of nitrogens with one attached hydrogen (secondary N) is 2. The minimum Gasteiger partial charge on any atom is -0.351 e. The van der Waals surface area contributed by atoms with Crippen LogP contribution in [-0.4, -0.2) is 53.9 Å². The molecule has 0 aromatic heterocycles. The standard InChI is InChI=1S/C11H18N6O3/c1-17(7(18)4-11(13)2-3-11)6-5-14-10(15-8(6)19)16-9(12)20/h6H,2-5,13H2,1H3,(H4,12,14,15,16,19,20). The number of guanidine groups is 1. The van der Waals surface area contributed by atoms with Gasteiger partial charge in [0.15, 0.2) is 0 Å². The number of hydrogen-bond acceptors (Lipinski definition) is 5. The Kier molecular flexibility index (Phi) is 3.62. The highest BCUT2D eigenvalue weighted by Gasteiger charge is 2.42. The van der Waals surface area contributed by atoms with Gasteiger partial charge in [-0.05, 0) is 12.8 Å². The predicted octanol–water partition coefficient (Wildman–Crippen LogP) is -2.15. The fourth-order valence-corrected chi connectivity index (χ4v) is 1.92. The molecule has 0 radical (unpaired) electrons. The largest absolute Gasteiger partial charge is 0.351 e. The molecule has 9 heteroatoms. The molecule has 4 amide bonds. The molecule has 0 aromatic carbocycles. The van der Waals surface area contributed by atoms with Gasteiger partial charge in [-0.15, -0.1) is 0 Å². The van der Waals surface area contributed by atoms with Gasteiger partial charge in [-0.3, -0.25) is 20.2 Å². The molecule has 6 N–H and O–H groups in total. The summed E-state index contributed by atoms with van der Waals surface area (Å²) >= 11 is 0. The van der Waals surface area contributed by atoms with Crippen molar-refractivity contribution in [3.05, 3.63) is 0 Å². The number of primary amides is 1. The number of likely N-dealkylation sites (N-methyl/N-ethyl adjacent to an activating group) is 1. The van der Waals surface area contributed by atoms with E-state index < -0.39 is 23.5 Å². The van der Waals surface area contributed by atoms with Gasteiger partial charge < -0.3 is 16.4 Å². The fourth-order valence-electron chi connectivity index (χ4n) is 1.92. The molecule has 110 valence electrons. The first kappa shape index (κ1) is 14.3. The lowest BCUT2D eigenvalue weighted by Gasteiger charge is -2.30. The normalized spacial score (nSPS) is 23.4. The maximum absolute atomic E-state index is 12.0. The average Bonchev–Trinajstić information content (AvgIpc) is 3.05. The Hall–Kier alpha value is -2.16. The molecular weight excluding hydrogens is 264 g/mol. The molecule has 1 heterocycles. The Balaban J connectivity index is 1.95. The van der Waals surface area contributed by atoms with Gasteiger partial charge in [0.05, 0.1) is 6.54 Å². The molecule has 20 heavy (non-hydrogen) atoms. The summed E-state index contributed by atoms with van der Waals surface area (Å²) < 4.78 is 0. The van der Waals surface area contributed by atoms with Crippen LogP contribution in [0, 0.1) is 0 Å². The highest BCUT2D eigenvalue weighted by atomic mass is 16.2. The van der Waals surface area contributed by atoms with Crippen molar-refractivity contribution in [1.82, 2.24) is 15.5 Å². The maximum atomic E-state index is 12.0. The van der Waals surface area contributed by atoms with E-state index in [0.29, 0.717) is 0 Å². The number of urea groups is 1. The SMILES string of the molecule is CN(C(=O)CC1(N)CC1)C1CN=C(NC(N)=O)NC1=O. The maximum Gasteiger partial charge on any atom is 0.318 e. The number of nitrogens with zero attached hydrogens (tertiary/aromatic N) is 2. The fraction of sp³-hybridized carbons (Fsp3) is 0.636. The summed E-state index contributed by atoms with van der Waals surface area (Å²) in [4.78, 5) is 39.9. The highest BCUT2D eigenvalue weighted by Crippen LogP contribution is 2.36. The van der Waals surface area contributed by atoms with Crippen molar-refractivity contribution in [2.24, 2.45) is 16.5 Å². The number of hydrogen-bond donors (Lipinski definition) is 4. The first-order valence-electron chi connectivity index (χ1n) is 6.27. The van der Waals surface area contributed by atoms with Crippen molar-refractivity contribution in [3.63, 3.8) is 0 Å². The van der Waals surface area contributed by atoms with Crippen LogP contribution in [0.2, 0.25) is 0 Å². The van der Waals surface area contributed by atoms with Crippen molar-refractivity contribution in [2.45, 2.75) is 30.8 Å². The van der Waals surface area contributed by atoms with E-state index in [0.717, 1.165) is 12.8 Å². The smallest absolute Gasteiger partial charge is 0.318 e. The molecule has 0 spiro atoms. The summed E-state index contributed by atoms with van der Waals surface area (Å²) in [5, 5.41) is 4.57. The van der Waals surface area contributed by atoms with Crippen LogP contribution in [-0.2, 0) is 9.59 Å². The summed E-state index contributed by atoms with van der Waals surface area (Å²) in [6, 6.07) is -1.52. The third-order valence-corrected chi connectivity index (χ3v) is 3.46. The van der Waals surface area contributed by atoms with Crippen molar-refractivity contribution >= 4 is 23.8 Å². The summed E-state index contributed by atoms with van der Waals surface area (Å²) in [7, 11) is 1.54. The third kappa shape index (κ3) is 3.23. The molecule has 0 aromatic rings. The van der Waals surface area contributed by atoms with E-state index >= 15 is 0 Å². The molecule has 1 saturated carbocycles. The molecule has 2 rings (SSSR count). The molecule has 1 atom stereocenters. The van der Waals surface area contributed by atoms with Crippen LogP contribution in [0.15, 0.2) is 4.99 Å². The Morgan fingerprint density at radius 3 is 2.70 bits per heavy atom. The monoisotopic (exact) mass is 282 g/mol. The van der Waals surface area contributed by atoms with E-state index in [1.54, 1.807) is 7.05 Å². The second-order valence-electron chi connectivity index (χ2n) is 5.23. The second-order valence-corrected chi connectivity index (χ2v) is 5.23. The molecule has 0 saturated heterocycles. The van der Waals surface area contributed by atoms with Gasteiger partial charge in [0.1, 0.15) is 6.04 Å². The number of amides is 4. The summed E-state index contributed by atoms with van der Waals surface area (Å²) in [5.74, 6) is -0.606. The molecule has 1 aliphatic carbocycles. The van der Waals surface area contributed by atoms with E-state index in [-0.39, 0.29) is 24.8 Å². The third-order valence-electron chi connectivity index (χ3n) is 3.46. The van der Waals surface area contributed by atoms with Gasteiger partial charge in [-0.1, -0.05) is 0 Å². The summed E-state index contributed by atoms with van der Waals surface area (Å²) in [6.07, 6.45) is 1.88. The molecule has 1 fully saturated rings. The van der Waals surface area contributed by atoms with Gasteiger partial charge in [-0.25, -0.2) is 9.79 Å². The van der Waals surface area contributed by atoms with E-state index in [9.17, 15) is 14.4 Å². The van der Waals surface area contributed by atoms with Crippen LogP contribution in [0.1, 0.15) is 19.3 Å². The van der Waals surface area contributed by atoms with Crippen LogP contribution >= 0.6 is 0 Å². The van der Waals surface area contributed by atoms with Gasteiger partial charge in [-0.2, -0.15) is 0 Å². The topological polar surface area (TPSA) is 143 Å². The number of carbonyl (C=O) groups is 3. The first-order valence-corrected chi connectivity index (χ1v) is 6.27. The van der Waals surface area contributed by atoms with Gasteiger partial charge in [0.25, 0.3) is 5.91 Å². The zero-order valence-electron chi connectivity index (χ0n) is 11.2. The zero-order chi connectivity index (χ0) is 14.9. The molecule has 0 bridgehead atoms. The lowest BCUT2D eigenvalue weighted by Crippen LogP contribution is -2.58. The number of aliphatic imine (C=N–C) groups is 1. The first-order chi connectivity index (χ1) is 9.31. The van der Waals surface area contributed by atoms with Crippen LogP contribution in [0.4, 0.5) is 4.79 Å². The summed E-state index contributed by atoms with van der Waals surface area (Å²) in [6.45, 7) is 0.0707. The Bertz CT molecular complexity index is 485. The number of nitrogens with two attached hydrogens (primary N) is 2. The Labute approximate surface area is 115 Å². The minimum absolute atomic E-state index is 0.00270. The van der Waals surface area contributed by atoms with Gasteiger partial charge >= 0.3 is 6.03 Å². The van der Waals surface area contributed by atoms with E-state index in [4.69, 9.17) is 11.5 Å². The lowest BCUT2D eigenvalue weighted by molar-refractivity contribution is -0.138. The second kappa shape index (κ2) is 5.08. The van der Waals surface area contributed by atoms with E-state index in [1.165, 1.54) is 4.90 Å². The van der Waals surface area contributed by atoms with E-state index in [1.807, 2.05) is 0 Å². The Morgan fingerprint density at radius 2 is 2.20 bits per heavy atom. The molecule has 1 aliphatic heterocycles. The minimum atomic E-state index is -0.814. The number of carbonyl (C=O) groups excluding carboxylic acids is 3. The molecular formula is C11H18N6O3. The van der Waals surface area contributed by atoms with E-state index in [2.05, 4.69) is 15.6 Å². The predicted molar refractivity (Wildman–Crippen MR) is 70.5 cm³/mol. The zero-order valence-corrected chi connectivity index (χ0v) is 11.2. The Morgan fingerprint density at radius 1 is 1.55 bits per heavy atom. The van der Waals surface area contributed by atoms with Crippen LogP contribution < -0.4 is 22.1 Å². The van der Waals surface area contributed by atoms with Crippen LogP contribution in [0.3, 0.4) is 0 Å². The van der Waals surface area contributed by atoms with Crippen LogP contribution in [0.25, 0.3) is 0 Å². The quantitative estimate of drug-likeness (QED) is 0.468. The van der Waals surface area contributed by atoms with Crippen LogP contribution in [0.5, 0.6) is 0 Å². The average molecular weight is 282 g/mol. The molecule has 2 aliphatic rings. The van der Waals surface area contributed by atoms with Crippen molar-refractivity contribution < 1.29 is 14.4 Å². The lowest BCUT2D eigenvalue weighted by atomic mass is 10.1. The van der Waals surface area contributed by atoms with Crippen molar-refractivity contribution in [2.75, 3.05) is 13.6 Å². The molecule has 9 nitrogen and oxygen atoms in total. The highest BCUT2D eigenvalue weighted by molar-refractivity contribution is 6.07. The molecule has 1 unspecified atom stereocenters. The van der Waals surface area contributed by atoms with Crippen molar-refractivity contribution in [1.29, 1.82) is 0 Å². The van der Waals surface area contributed by atoms with Gasteiger partial charge in [0, 0.05) is 19.0 Å². The van der Waals surface area contributed by atoms with Gasteiger partial charge in [0.2, 0.25) is 11.9 Å². The summed E-state index contributed by atoms with van der Waals surface area (Å²) in [5.41, 5.74) is 10.4. The van der Waals surface area contributed by atoms with Crippen molar-refractivity contribution in [3.8, 4) is 0 Å². The number of rotatable bonds is 3.